The number of rotatable bonds is 9. The number of aliphatic hydroxyl groups excluding tert-OH is 1. The van der Waals surface area contributed by atoms with Crippen molar-refractivity contribution < 1.29 is 14.2 Å². The van der Waals surface area contributed by atoms with Crippen LogP contribution in [0.15, 0.2) is 18.2 Å². The molecule has 0 aliphatic carbocycles. The number of ether oxygens (including phenoxy) is 1. The van der Waals surface area contributed by atoms with E-state index >= 15 is 0 Å². The van der Waals surface area contributed by atoms with Gasteiger partial charge in [-0.15, -0.1) is 0 Å². The maximum Gasteiger partial charge on any atom is 0.167 e. The SMILES string of the molecule is CCNC(C)(CO)CCCCOc1cccc(C)c1F. The highest BCUT2D eigenvalue weighted by Gasteiger charge is 2.20. The van der Waals surface area contributed by atoms with Crippen LogP contribution in [0.5, 0.6) is 5.75 Å². The minimum Gasteiger partial charge on any atom is -0.491 e. The van der Waals surface area contributed by atoms with Crippen LogP contribution in [0.25, 0.3) is 0 Å². The Balaban J connectivity index is 2.30. The van der Waals surface area contributed by atoms with Gasteiger partial charge in [0.1, 0.15) is 0 Å². The Kier molecular flexibility index (Phi) is 6.96. The molecule has 1 aromatic carbocycles. The quantitative estimate of drug-likeness (QED) is 0.684. The number of halogens is 1. The Hall–Kier alpha value is -1.13. The standard InChI is InChI=1S/C16H26FNO2/c1-4-18-16(3,12-19)10-5-6-11-20-14-9-7-8-13(2)15(14)17/h7-9,18-19H,4-6,10-12H2,1-3H3. The molecule has 1 unspecified atom stereocenters. The van der Waals surface area contributed by atoms with Gasteiger partial charge in [-0.2, -0.15) is 0 Å². The Morgan fingerprint density at radius 1 is 1.35 bits per heavy atom. The summed E-state index contributed by atoms with van der Waals surface area (Å²) in [4.78, 5) is 0. The number of hydrogen-bond donors (Lipinski definition) is 2. The third kappa shape index (κ3) is 5.10. The smallest absolute Gasteiger partial charge is 0.167 e. The Morgan fingerprint density at radius 2 is 2.10 bits per heavy atom. The van der Waals surface area contributed by atoms with Crippen molar-refractivity contribution in [1.29, 1.82) is 0 Å². The van der Waals surface area contributed by atoms with Gasteiger partial charge >= 0.3 is 0 Å². The summed E-state index contributed by atoms with van der Waals surface area (Å²) in [6.45, 7) is 7.21. The fraction of sp³-hybridized carbons (Fsp3) is 0.625. The van der Waals surface area contributed by atoms with Gasteiger partial charge in [0.2, 0.25) is 0 Å². The van der Waals surface area contributed by atoms with Crippen LogP contribution in [0.4, 0.5) is 4.39 Å². The van der Waals surface area contributed by atoms with E-state index in [2.05, 4.69) is 5.32 Å². The number of benzene rings is 1. The first-order valence-corrected chi connectivity index (χ1v) is 7.26. The summed E-state index contributed by atoms with van der Waals surface area (Å²) >= 11 is 0. The average molecular weight is 283 g/mol. The maximum atomic E-state index is 13.7. The number of likely N-dealkylation sites (N-methyl/N-ethyl adjacent to an activating group) is 1. The molecule has 4 heteroatoms. The van der Waals surface area contributed by atoms with Gasteiger partial charge in [0.05, 0.1) is 13.2 Å². The molecule has 20 heavy (non-hydrogen) atoms. The summed E-state index contributed by atoms with van der Waals surface area (Å²) in [7, 11) is 0. The molecule has 0 heterocycles. The van der Waals surface area contributed by atoms with Crippen LogP contribution in [0, 0.1) is 12.7 Å². The predicted molar refractivity (Wildman–Crippen MR) is 79.7 cm³/mol. The second-order valence-electron chi connectivity index (χ2n) is 5.44. The van der Waals surface area contributed by atoms with E-state index in [4.69, 9.17) is 4.74 Å². The predicted octanol–water partition coefficient (Wildman–Crippen LogP) is 3.04. The molecule has 0 fully saturated rings. The third-order valence-corrected chi connectivity index (χ3v) is 3.49. The lowest BCUT2D eigenvalue weighted by molar-refractivity contribution is 0.162. The minimum atomic E-state index is -0.277. The van der Waals surface area contributed by atoms with E-state index in [1.165, 1.54) is 0 Å². The van der Waals surface area contributed by atoms with E-state index in [0.29, 0.717) is 17.9 Å². The molecule has 0 aliphatic heterocycles. The molecule has 0 saturated carbocycles. The molecule has 0 saturated heterocycles. The molecule has 0 amide bonds. The second-order valence-corrected chi connectivity index (χ2v) is 5.44. The molecular weight excluding hydrogens is 257 g/mol. The van der Waals surface area contributed by atoms with Crippen molar-refractivity contribution >= 4 is 0 Å². The first kappa shape index (κ1) is 16.9. The monoisotopic (exact) mass is 283 g/mol. The van der Waals surface area contributed by atoms with Crippen molar-refractivity contribution in [2.75, 3.05) is 19.8 Å². The lowest BCUT2D eigenvalue weighted by Gasteiger charge is -2.28. The van der Waals surface area contributed by atoms with E-state index < -0.39 is 0 Å². The molecule has 0 spiro atoms. The zero-order valence-electron chi connectivity index (χ0n) is 12.7. The molecule has 2 N–H and O–H groups in total. The first-order valence-electron chi connectivity index (χ1n) is 7.26. The molecule has 3 nitrogen and oxygen atoms in total. The number of aliphatic hydroxyl groups is 1. The number of aryl methyl sites for hydroxylation is 1. The fourth-order valence-electron chi connectivity index (χ4n) is 2.18. The van der Waals surface area contributed by atoms with Crippen LogP contribution < -0.4 is 10.1 Å². The van der Waals surface area contributed by atoms with Crippen LogP contribution in [0.1, 0.15) is 38.7 Å². The molecular formula is C16H26FNO2. The molecule has 0 radical (unpaired) electrons. The molecule has 114 valence electrons. The minimum absolute atomic E-state index is 0.119. The Morgan fingerprint density at radius 3 is 2.75 bits per heavy atom. The number of unbranched alkanes of at least 4 members (excludes halogenated alkanes) is 1. The van der Waals surface area contributed by atoms with Crippen molar-refractivity contribution in [2.45, 2.75) is 45.6 Å². The van der Waals surface area contributed by atoms with Gasteiger partial charge in [0.25, 0.3) is 0 Å². The van der Waals surface area contributed by atoms with Crippen molar-refractivity contribution in [3.05, 3.63) is 29.6 Å². The summed E-state index contributed by atoms with van der Waals surface area (Å²) in [5.74, 6) is 0.0435. The molecule has 1 rings (SSSR count). The van der Waals surface area contributed by atoms with Crippen molar-refractivity contribution in [3.8, 4) is 5.75 Å². The highest BCUT2D eigenvalue weighted by atomic mass is 19.1. The molecule has 1 aromatic rings. The van der Waals surface area contributed by atoms with Gasteiger partial charge in [0, 0.05) is 5.54 Å². The summed E-state index contributed by atoms with van der Waals surface area (Å²) < 4.78 is 19.2. The zero-order valence-corrected chi connectivity index (χ0v) is 12.7. The van der Waals surface area contributed by atoms with Crippen LogP contribution in [0.3, 0.4) is 0 Å². The second kappa shape index (κ2) is 8.22. The largest absolute Gasteiger partial charge is 0.491 e. The molecule has 0 aliphatic rings. The van der Waals surface area contributed by atoms with Crippen molar-refractivity contribution in [1.82, 2.24) is 5.32 Å². The van der Waals surface area contributed by atoms with E-state index in [0.717, 1.165) is 25.8 Å². The van der Waals surface area contributed by atoms with Crippen molar-refractivity contribution in [2.24, 2.45) is 0 Å². The van der Waals surface area contributed by atoms with Crippen LogP contribution in [-0.2, 0) is 0 Å². The molecule has 1 atom stereocenters. The summed E-state index contributed by atoms with van der Waals surface area (Å²) in [6.07, 6.45) is 2.64. The average Bonchev–Trinajstić information content (AvgIpc) is 2.43. The summed E-state index contributed by atoms with van der Waals surface area (Å²) in [5, 5.41) is 12.7. The van der Waals surface area contributed by atoms with E-state index in [9.17, 15) is 9.50 Å². The third-order valence-electron chi connectivity index (χ3n) is 3.49. The van der Waals surface area contributed by atoms with Crippen molar-refractivity contribution in [3.63, 3.8) is 0 Å². The first-order chi connectivity index (χ1) is 9.52. The highest BCUT2D eigenvalue weighted by molar-refractivity contribution is 5.29. The summed E-state index contributed by atoms with van der Waals surface area (Å²) in [5.41, 5.74) is 0.367. The fourth-order valence-corrected chi connectivity index (χ4v) is 2.18. The molecule has 0 bridgehead atoms. The Labute approximate surface area is 121 Å². The maximum absolute atomic E-state index is 13.7. The van der Waals surface area contributed by atoms with E-state index in [1.54, 1.807) is 25.1 Å². The van der Waals surface area contributed by atoms with Gasteiger partial charge in [-0.1, -0.05) is 19.1 Å². The normalized spacial score (nSPS) is 14.1. The lowest BCUT2D eigenvalue weighted by Crippen LogP contribution is -2.45. The van der Waals surface area contributed by atoms with Gasteiger partial charge in [-0.3, -0.25) is 0 Å². The van der Waals surface area contributed by atoms with Crippen LogP contribution in [0.2, 0.25) is 0 Å². The molecule has 0 aromatic heterocycles. The zero-order chi connectivity index (χ0) is 15.0. The number of hydrogen-bond acceptors (Lipinski definition) is 3. The topological polar surface area (TPSA) is 41.5 Å². The van der Waals surface area contributed by atoms with E-state index in [-0.39, 0.29) is 18.0 Å². The van der Waals surface area contributed by atoms with Gasteiger partial charge in [0.15, 0.2) is 11.6 Å². The van der Waals surface area contributed by atoms with Gasteiger partial charge < -0.3 is 15.2 Å². The van der Waals surface area contributed by atoms with Gasteiger partial charge in [-0.25, -0.2) is 4.39 Å². The van der Waals surface area contributed by atoms with Crippen LogP contribution in [-0.4, -0.2) is 30.4 Å². The summed E-state index contributed by atoms with van der Waals surface area (Å²) in [6, 6.07) is 5.17. The Bertz CT molecular complexity index is 411. The van der Waals surface area contributed by atoms with Gasteiger partial charge in [-0.05, 0) is 51.3 Å². The van der Waals surface area contributed by atoms with Crippen LogP contribution >= 0.6 is 0 Å². The lowest BCUT2D eigenvalue weighted by atomic mass is 9.96. The number of nitrogens with one attached hydrogen (secondary N) is 1. The van der Waals surface area contributed by atoms with E-state index in [1.807, 2.05) is 13.8 Å². The highest BCUT2D eigenvalue weighted by Crippen LogP contribution is 2.20.